The first-order valence-electron chi connectivity index (χ1n) is 9.44. The highest BCUT2D eigenvalue weighted by atomic mass is 15.2. The molecule has 2 heteroatoms. The van der Waals surface area contributed by atoms with Crippen LogP contribution in [0.3, 0.4) is 0 Å². The molecule has 0 aromatic carbocycles. The van der Waals surface area contributed by atoms with E-state index in [1.54, 1.807) is 0 Å². The third-order valence-corrected chi connectivity index (χ3v) is 5.84. The van der Waals surface area contributed by atoms with Crippen molar-refractivity contribution in [2.24, 2.45) is 23.2 Å². The normalized spacial score (nSPS) is 30.7. The quantitative estimate of drug-likeness (QED) is 0.740. The Morgan fingerprint density at radius 2 is 1.57 bits per heavy atom. The average Bonchev–Trinajstić information content (AvgIpc) is 2.62. The molecule has 1 aliphatic heterocycles. The molecule has 124 valence electrons. The molecule has 1 aliphatic carbocycles. The Morgan fingerprint density at radius 1 is 1.00 bits per heavy atom. The second-order valence-corrected chi connectivity index (χ2v) is 8.59. The minimum absolute atomic E-state index is 0.551. The summed E-state index contributed by atoms with van der Waals surface area (Å²) in [5.74, 6) is 2.53. The summed E-state index contributed by atoms with van der Waals surface area (Å²) in [5, 5.41) is 3.79. The summed E-state index contributed by atoms with van der Waals surface area (Å²) < 4.78 is 0. The summed E-state index contributed by atoms with van der Waals surface area (Å²) in [4.78, 5) is 2.78. The Kier molecular flexibility index (Phi) is 6.55. The van der Waals surface area contributed by atoms with Gasteiger partial charge >= 0.3 is 0 Å². The van der Waals surface area contributed by atoms with E-state index >= 15 is 0 Å². The van der Waals surface area contributed by atoms with Crippen LogP contribution >= 0.6 is 0 Å². The lowest BCUT2D eigenvalue weighted by molar-refractivity contribution is 0.140. The van der Waals surface area contributed by atoms with Gasteiger partial charge in [-0.1, -0.05) is 53.4 Å². The maximum atomic E-state index is 3.79. The molecule has 0 bridgehead atoms. The molecule has 2 nitrogen and oxygen atoms in total. The van der Waals surface area contributed by atoms with Crippen LogP contribution in [0.25, 0.3) is 0 Å². The molecule has 2 fully saturated rings. The summed E-state index contributed by atoms with van der Waals surface area (Å²) in [6, 6.07) is 0. The van der Waals surface area contributed by atoms with Gasteiger partial charge in [-0.2, -0.15) is 0 Å². The van der Waals surface area contributed by atoms with Crippen molar-refractivity contribution < 1.29 is 0 Å². The van der Waals surface area contributed by atoms with Crippen molar-refractivity contribution in [3.8, 4) is 0 Å². The van der Waals surface area contributed by atoms with Gasteiger partial charge < -0.3 is 10.2 Å². The molecule has 21 heavy (non-hydrogen) atoms. The van der Waals surface area contributed by atoms with E-state index in [-0.39, 0.29) is 0 Å². The summed E-state index contributed by atoms with van der Waals surface area (Å²) in [5.41, 5.74) is 0.551. The Balaban J connectivity index is 1.94. The van der Waals surface area contributed by atoms with Crippen molar-refractivity contribution in [3.63, 3.8) is 0 Å². The minimum Gasteiger partial charge on any atom is -0.316 e. The van der Waals surface area contributed by atoms with Gasteiger partial charge in [0.05, 0.1) is 0 Å². The van der Waals surface area contributed by atoms with Gasteiger partial charge in [-0.05, 0) is 42.6 Å². The molecule has 1 saturated heterocycles. The van der Waals surface area contributed by atoms with Gasteiger partial charge in [0, 0.05) is 26.2 Å². The number of nitrogens with one attached hydrogen (secondary N) is 1. The second kappa shape index (κ2) is 7.97. The van der Waals surface area contributed by atoms with Crippen molar-refractivity contribution >= 4 is 0 Å². The lowest BCUT2D eigenvalue weighted by atomic mass is 9.79. The van der Waals surface area contributed by atoms with Gasteiger partial charge in [0.1, 0.15) is 0 Å². The van der Waals surface area contributed by atoms with Crippen LogP contribution in [-0.2, 0) is 0 Å². The van der Waals surface area contributed by atoms with Crippen molar-refractivity contribution in [2.75, 3.05) is 32.7 Å². The molecule has 2 aliphatic rings. The van der Waals surface area contributed by atoms with Crippen molar-refractivity contribution in [2.45, 2.75) is 66.2 Å². The van der Waals surface area contributed by atoms with Gasteiger partial charge in [0.25, 0.3) is 0 Å². The van der Waals surface area contributed by atoms with Crippen LogP contribution in [0.1, 0.15) is 66.2 Å². The van der Waals surface area contributed by atoms with E-state index in [9.17, 15) is 0 Å². The summed E-state index contributed by atoms with van der Waals surface area (Å²) in [6.45, 7) is 15.9. The number of hydrogen-bond donors (Lipinski definition) is 1. The van der Waals surface area contributed by atoms with Crippen molar-refractivity contribution in [3.05, 3.63) is 0 Å². The molecule has 2 rings (SSSR count). The van der Waals surface area contributed by atoms with Crippen molar-refractivity contribution in [1.82, 2.24) is 10.2 Å². The molecular weight excluding hydrogens is 256 g/mol. The highest BCUT2D eigenvalue weighted by molar-refractivity contribution is 4.90. The Labute approximate surface area is 133 Å². The Hall–Kier alpha value is -0.0800. The molecule has 2 atom stereocenters. The molecule has 0 aromatic heterocycles. The van der Waals surface area contributed by atoms with E-state index in [4.69, 9.17) is 0 Å². The van der Waals surface area contributed by atoms with Gasteiger partial charge in [-0.15, -0.1) is 0 Å². The Morgan fingerprint density at radius 3 is 2.10 bits per heavy atom. The summed E-state index contributed by atoms with van der Waals surface area (Å²) in [6.07, 6.45) is 8.69. The fraction of sp³-hybridized carbons (Fsp3) is 1.00. The standard InChI is InChI=1S/C19H38N2/c1-16(2)11-20-14-19(9-7-5-6-8-10-19)15-21-12-17(3)18(4)13-21/h16-18,20H,5-15H2,1-4H3. The van der Waals surface area contributed by atoms with Crippen LogP contribution in [0, 0.1) is 23.2 Å². The van der Waals surface area contributed by atoms with E-state index in [0.29, 0.717) is 5.41 Å². The monoisotopic (exact) mass is 294 g/mol. The summed E-state index contributed by atoms with van der Waals surface area (Å²) in [7, 11) is 0. The first-order valence-corrected chi connectivity index (χ1v) is 9.44. The SMILES string of the molecule is CC(C)CNCC1(CN2CC(C)C(C)C2)CCCCCC1. The average molecular weight is 295 g/mol. The van der Waals surface area contributed by atoms with E-state index in [1.165, 1.54) is 71.2 Å². The van der Waals surface area contributed by atoms with Gasteiger partial charge in [-0.25, -0.2) is 0 Å². The zero-order valence-corrected chi connectivity index (χ0v) is 15.0. The fourth-order valence-electron chi connectivity index (χ4n) is 4.35. The maximum absolute atomic E-state index is 3.79. The van der Waals surface area contributed by atoms with Crippen LogP contribution in [0.2, 0.25) is 0 Å². The van der Waals surface area contributed by atoms with E-state index in [1.807, 2.05) is 0 Å². The first kappa shape index (κ1) is 17.3. The minimum atomic E-state index is 0.551. The molecule has 0 aromatic rings. The van der Waals surface area contributed by atoms with E-state index in [0.717, 1.165) is 17.8 Å². The number of rotatable bonds is 6. The first-order chi connectivity index (χ1) is 10.0. The largest absolute Gasteiger partial charge is 0.316 e. The molecular formula is C19H38N2. The number of likely N-dealkylation sites (tertiary alicyclic amines) is 1. The number of nitrogens with zero attached hydrogens (tertiary/aromatic N) is 1. The predicted octanol–water partition coefficient (Wildman–Crippen LogP) is 4.16. The van der Waals surface area contributed by atoms with E-state index < -0.39 is 0 Å². The maximum Gasteiger partial charge on any atom is 0.00504 e. The lowest BCUT2D eigenvalue weighted by Gasteiger charge is -2.37. The zero-order valence-electron chi connectivity index (χ0n) is 15.0. The topological polar surface area (TPSA) is 15.3 Å². The molecule has 0 amide bonds. The Bertz CT molecular complexity index is 282. The number of hydrogen-bond acceptors (Lipinski definition) is 2. The molecule has 2 unspecified atom stereocenters. The predicted molar refractivity (Wildman–Crippen MR) is 92.6 cm³/mol. The third-order valence-electron chi connectivity index (χ3n) is 5.84. The molecule has 1 saturated carbocycles. The van der Waals surface area contributed by atoms with Gasteiger partial charge in [0.15, 0.2) is 0 Å². The third kappa shape index (κ3) is 5.25. The van der Waals surface area contributed by atoms with Crippen LogP contribution in [-0.4, -0.2) is 37.6 Å². The lowest BCUT2D eigenvalue weighted by Crippen LogP contribution is -2.44. The van der Waals surface area contributed by atoms with Crippen molar-refractivity contribution in [1.29, 1.82) is 0 Å². The van der Waals surface area contributed by atoms with Crippen LogP contribution < -0.4 is 5.32 Å². The molecule has 0 radical (unpaired) electrons. The van der Waals surface area contributed by atoms with Crippen LogP contribution in [0.5, 0.6) is 0 Å². The second-order valence-electron chi connectivity index (χ2n) is 8.59. The smallest absolute Gasteiger partial charge is 0.00504 e. The molecule has 0 spiro atoms. The highest BCUT2D eigenvalue weighted by Gasteiger charge is 2.36. The fourth-order valence-corrected chi connectivity index (χ4v) is 4.35. The van der Waals surface area contributed by atoms with Gasteiger partial charge in [-0.3, -0.25) is 0 Å². The summed E-state index contributed by atoms with van der Waals surface area (Å²) >= 11 is 0. The molecule has 1 N–H and O–H groups in total. The van der Waals surface area contributed by atoms with Crippen LogP contribution in [0.15, 0.2) is 0 Å². The molecule has 1 heterocycles. The van der Waals surface area contributed by atoms with Gasteiger partial charge in [0.2, 0.25) is 0 Å². The zero-order chi connectivity index (χ0) is 15.3. The van der Waals surface area contributed by atoms with E-state index in [2.05, 4.69) is 37.9 Å². The van der Waals surface area contributed by atoms with Crippen LogP contribution in [0.4, 0.5) is 0 Å². The highest BCUT2D eigenvalue weighted by Crippen LogP contribution is 2.37.